The average molecular weight is 412 g/mol. The molecule has 3 rings (SSSR count). The Hall–Kier alpha value is -3.12. The first-order valence-corrected chi connectivity index (χ1v) is 9.65. The number of para-hydroxylation sites is 1. The second-order valence-electron chi connectivity index (χ2n) is 6.49. The van der Waals surface area contributed by atoms with Crippen LogP contribution in [0.5, 0.6) is 17.5 Å². The topological polar surface area (TPSA) is 73.3 Å². The summed E-state index contributed by atoms with van der Waals surface area (Å²) in [6.07, 6.45) is 0.932. The van der Waals surface area contributed by atoms with Gasteiger partial charge in [0, 0.05) is 23.5 Å². The van der Waals surface area contributed by atoms with Crippen LogP contribution in [0.4, 0.5) is 5.69 Å². The van der Waals surface area contributed by atoms with Gasteiger partial charge in [-0.2, -0.15) is 0 Å². The number of aryl methyl sites for hydroxylation is 2. The molecule has 150 valence electrons. The first kappa shape index (κ1) is 20.6. The summed E-state index contributed by atoms with van der Waals surface area (Å²) < 4.78 is 11.3. The minimum atomic E-state index is -0.0842. The van der Waals surface area contributed by atoms with E-state index >= 15 is 0 Å². The van der Waals surface area contributed by atoms with E-state index in [1.165, 1.54) is 0 Å². The maximum absolute atomic E-state index is 12.1. The number of rotatable bonds is 8. The molecule has 0 aliphatic carbocycles. The number of amides is 1. The van der Waals surface area contributed by atoms with Gasteiger partial charge in [-0.05, 0) is 62.7 Å². The Morgan fingerprint density at radius 1 is 1.03 bits per heavy atom. The van der Waals surface area contributed by atoms with Crippen LogP contribution in [0.25, 0.3) is 0 Å². The molecule has 0 radical (unpaired) electrons. The van der Waals surface area contributed by atoms with Crippen molar-refractivity contribution in [3.63, 3.8) is 0 Å². The molecule has 1 N–H and O–H groups in total. The number of carbonyl (C=O) groups excluding carboxylic acids is 1. The minimum absolute atomic E-state index is 0.0842. The predicted octanol–water partition coefficient (Wildman–Crippen LogP) is 5.34. The molecule has 1 amide bonds. The van der Waals surface area contributed by atoms with Crippen LogP contribution in [-0.2, 0) is 4.79 Å². The van der Waals surface area contributed by atoms with Crippen LogP contribution in [0.3, 0.4) is 0 Å². The summed E-state index contributed by atoms with van der Waals surface area (Å²) in [4.78, 5) is 20.6. The van der Waals surface area contributed by atoms with E-state index in [-0.39, 0.29) is 5.91 Å². The Bertz CT molecular complexity index is 957. The van der Waals surface area contributed by atoms with Crippen molar-refractivity contribution in [3.05, 3.63) is 71.0 Å². The highest BCUT2D eigenvalue weighted by atomic mass is 35.5. The van der Waals surface area contributed by atoms with E-state index in [1.807, 2.05) is 32.0 Å². The van der Waals surface area contributed by atoms with Crippen LogP contribution in [0.2, 0.25) is 5.02 Å². The Labute approximate surface area is 174 Å². The molecule has 2 aromatic carbocycles. The zero-order valence-corrected chi connectivity index (χ0v) is 17.1. The number of benzene rings is 2. The minimum Gasteiger partial charge on any atom is -0.492 e. The number of hydrogen-bond acceptors (Lipinski definition) is 5. The second kappa shape index (κ2) is 9.89. The number of aromatic nitrogens is 2. The molecular weight excluding hydrogens is 390 g/mol. The largest absolute Gasteiger partial charge is 0.492 e. The number of nitrogens with one attached hydrogen (secondary N) is 1. The highest BCUT2D eigenvalue weighted by Gasteiger charge is 2.06. The Balaban J connectivity index is 1.44. The predicted molar refractivity (Wildman–Crippen MR) is 113 cm³/mol. The number of halogens is 1. The summed E-state index contributed by atoms with van der Waals surface area (Å²) in [5.74, 6) is 1.14. The van der Waals surface area contributed by atoms with Crippen molar-refractivity contribution in [2.45, 2.75) is 26.7 Å². The third kappa shape index (κ3) is 6.47. The summed E-state index contributed by atoms with van der Waals surface area (Å²) in [5, 5.41) is 3.41. The van der Waals surface area contributed by atoms with Crippen molar-refractivity contribution in [3.8, 4) is 17.5 Å². The molecule has 0 unspecified atom stereocenters. The van der Waals surface area contributed by atoms with Crippen molar-refractivity contribution in [1.29, 1.82) is 0 Å². The van der Waals surface area contributed by atoms with Gasteiger partial charge in [-0.1, -0.05) is 23.7 Å². The molecule has 0 saturated heterocycles. The van der Waals surface area contributed by atoms with Gasteiger partial charge in [0.15, 0.2) is 0 Å². The fourth-order valence-electron chi connectivity index (χ4n) is 2.65. The highest BCUT2D eigenvalue weighted by Crippen LogP contribution is 2.23. The van der Waals surface area contributed by atoms with Gasteiger partial charge < -0.3 is 14.8 Å². The lowest BCUT2D eigenvalue weighted by molar-refractivity contribution is -0.116. The molecule has 29 heavy (non-hydrogen) atoms. The van der Waals surface area contributed by atoms with Crippen LogP contribution in [-0.4, -0.2) is 22.5 Å². The van der Waals surface area contributed by atoms with E-state index in [9.17, 15) is 4.79 Å². The quantitative estimate of drug-likeness (QED) is 0.506. The Kier molecular flexibility index (Phi) is 7.03. The van der Waals surface area contributed by atoms with Crippen molar-refractivity contribution in [1.82, 2.24) is 9.97 Å². The summed E-state index contributed by atoms with van der Waals surface area (Å²) in [6, 6.07) is 16.5. The lowest BCUT2D eigenvalue weighted by Crippen LogP contribution is -2.12. The standard InChI is InChI=1S/C22H22ClN3O3/c1-15-14-16(2)25-22(24-15)29-18-11-9-17(10-12-18)26-21(27)8-5-13-28-20-7-4-3-6-19(20)23/h3-4,6-7,9-12,14H,5,8,13H2,1-2H3,(H,26,27). The summed E-state index contributed by atoms with van der Waals surface area (Å²) in [6.45, 7) is 4.19. The van der Waals surface area contributed by atoms with Gasteiger partial charge >= 0.3 is 6.01 Å². The van der Waals surface area contributed by atoms with Crippen LogP contribution in [0, 0.1) is 13.8 Å². The smallest absolute Gasteiger partial charge is 0.322 e. The van der Waals surface area contributed by atoms with Gasteiger partial charge in [-0.15, -0.1) is 0 Å². The molecule has 3 aromatic rings. The lowest BCUT2D eigenvalue weighted by atomic mass is 10.2. The van der Waals surface area contributed by atoms with Crippen molar-refractivity contribution < 1.29 is 14.3 Å². The zero-order valence-electron chi connectivity index (χ0n) is 16.3. The molecule has 0 saturated carbocycles. The van der Waals surface area contributed by atoms with Crippen molar-refractivity contribution in [2.75, 3.05) is 11.9 Å². The first-order valence-electron chi connectivity index (χ1n) is 9.27. The van der Waals surface area contributed by atoms with E-state index in [1.54, 1.807) is 36.4 Å². The third-order valence-electron chi connectivity index (χ3n) is 3.95. The van der Waals surface area contributed by atoms with E-state index in [4.69, 9.17) is 21.1 Å². The molecule has 0 spiro atoms. The fraction of sp³-hybridized carbons (Fsp3) is 0.227. The van der Waals surface area contributed by atoms with E-state index < -0.39 is 0 Å². The number of carbonyl (C=O) groups is 1. The van der Waals surface area contributed by atoms with Gasteiger partial charge in [-0.3, -0.25) is 4.79 Å². The molecule has 7 heteroatoms. The number of nitrogens with zero attached hydrogens (tertiary/aromatic N) is 2. The van der Waals surface area contributed by atoms with Gasteiger partial charge in [0.1, 0.15) is 11.5 Å². The Morgan fingerprint density at radius 3 is 2.41 bits per heavy atom. The first-order chi connectivity index (χ1) is 14.0. The van der Waals surface area contributed by atoms with Gasteiger partial charge in [0.25, 0.3) is 0 Å². The van der Waals surface area contributed by atoms with Crippen molar-refractivity contribution in [2.24, 2.45) is 0 Å². The highest BCUT2D eigenvalue weighted by molar-refractivity contribution is 6.32. The number of anilines is 1. The molecule has 0 atom stereocenters. The van der Waals surface area contributed by atoms with Crippen molar-refractivity contribution >= 4 is 23.2 Å². The van der Waals surface area contributed by atoms with Crippen LogP contribution >= 0.6 is 11.6 Å². The molecule has 1 aromatic heterocycles. The number of hydrogen-bond donors (Lipinski definition) is 1. The molecule has 0 aliphatic heterocycles. The molecule has 0 aliphatic rings. The second-order valence-corrected chi connectivity index (χ2v) is 6.90. The van der Waals surface area contributed by atoms with Gasteiger partial charge in [0.2, 0.25) is 5.91 Å². The maximum atomic E-state index is 12.1. The average Bonchev–Trinajstić information content (AvgIpc) is 2.67. The third-order valence-corrected chi connectivity index (χ3v) is 4.26. The van der Waals surface area contributed by atoms with E-state index in [0.29, 0.717) is 47.7 Å². The SMILES string of the molecule is Cc1cc(C)nc(Oc2ccc(NC(=O)CCCOc3ccccc3Cl)cc2)n1. The molecule has 0 bridgehead atoms. The molecule has 1 heterocycles. The van der Waals surface area contributed by atoms with Crippen LogP contribution in [0.1, 0.15) is 24.2 Å². The molecule has 6 nitrogen and oxygen atoms in total. The zero-order chi connectivity index (χ0) is 20.6. The fourth-order valence-corrected chi connectivity index (χ4v) is 2.84. The van der Waals surface area contributed by atoms with E-state index in [0.717, 1.165) is 11.4 Å². The van der Waals surface area contributed by atoms with E-state index in [2.05, 4.69) is 15.3 Å². The summed E-state index contributed by atoms with van der Waals surface area (Å²) >= 11 is 6.03. The molecular formula is C22H22ClN3O3. The van der Waals surface area contributed by atoms with Crippen LogP contribution < -0.4 is 14.8 Å². The summed E-state index contributed by atoms with van der Waals surface area (Å²) in [5.41, 5.74) is 2.38. The van der Waals surface area contributed by atoms with Crippen LogP contribution in [0.15, 0.2) is 54.6 Å². The van der Waals surface area contributed by atoms with Gasteiger partial charge in [-0.25, -0.2) is 9.97 Å². The molecule has 0 fully saturated rings. The number of ether oxygens (including phenoxy) is 2. The monoisotopic (exact) mass is 411 g/mol. The maximum Gasteiger partial charge on any atom is 0.322 e. The summed E-state index contributed by atoms with van der Waals surface area (Å²) in [7, 11) is 0. The van der Waals surface area contributed by atoms with Gasteiger partial charge in [0.05, 0.1) is 11.6 Å². The normalized spacial score (nSPS) is 10.4. The lowest BCUT2D eigenvalue weighted by Gasteiger charge is -2.09. The Morgan fingerprint density at radius 2 is 1.72 bits per heavy atom.